The van der Waals surface area contributed by atoms with E-state index in [1.807, 2.05) is 0 Å². The molecule has 3 nitrogen and oxygen atoms in total. The lowest BCUT2D eigenvalue weighted by Crippen LogP contribution is -2.36. The van der Waals surface area contributed by atoms with Gasteiger partial charge in [-0.15, -0.1) is 0 Å². The summed E-state index contributed by atoms with van der Waals surface area (Å²) in [5.41, 5.74) is 10.4. The van der Waals surface area contributed by atoms with E-state index in [1.165, 1.54) is 36.0 Å². The topological polar surface area (TPSA) is 55.1 Å². The molecule has 0 spiro atoms. The molecule has 3 atom stereocenters. The van der Waals surface area contributed by atoms with E-state index in [2.05, 4.69) is 51.2 Å². The van der Waals surface area contributed by atoms with Crippen molar-refractivity contribution in [2.75, 3.05) is 6.54 Å². The van der Waals surface area contributed by atoms with Crippen molar-refractivity contribution in [3.05, 3.63) is 34.9 Å². The molecule has 3 heteroatoms. The molecule has 3 N–H and O–H groups in total. The Bertz CT molecular complexity index is 596. The third-order valence-electron chi connectivity index (χ3n) is 6.16. The summed E-state index contributed by atoms with van der Waals surface area (Å²) in [5, 5.41) is 3.19. The fourth-order valence-corrected chi connectivity index (χ4v) is 4.37. The molecule has 0 radical (unpaired) electrons. The maximum Gasteiger partial charge on any atom is 0.223 e. The van der Waals surface area contributed by atoms with E-state index in [0.717, 1.165) is 38.0 Å². The summed E-state index contributed by atoms with van der Waals surface area (Å²) in [6.45, 7) is 9.68. The molecule has 152 valence electrons. The Morgan fingerprint density at radius 3 is 2.59 bits per heavy atom. The highest BCUT2D eigenvalue weighted by atomic mass is 16.1. The number of carbonyl (C=O) groups excluding carboxylic acids is 1. The Balaban J connectivity index is 1.86. The highest BCUT2D eigenvalue weighted by Crippen LogP contribution is 2.24. The van der Waals surface area contributed by atoms with E-state index in [9.17, 15) is 4.79 Å². The van der Waals surface area contributed by atoms with Gasteiger partial charge in [-0.25, -0.2) is 0 Å². The van der Waals surface area contributed by atoms with Crippen LogP contribution in [0.3, 0.4) is 0 Å². The van der Waals surface area contributed by atoms with Gasteiger partial charge < -0.3 is 11.1 Å². The molecule has 3 unspecified atom stereocenters. The first-order valence-electron chi connectivity index (χ1n) is 11.0. The number of rotatable bonds is 5. The molecule has 1 aromatic rings. The standard InChI is InChI=1S/C24H40N2O/c1-17(2)23-15-20(12-11-19(23)4)13-14-26-24(27)21-9-5-7-18(3)8-6-10-22(25)16-21/h11-12,15,17-18,21-22H,5-10,13-14,16,25H2,1-4H3,(H,26,27). The molecule has 1 fully saturated rings. The summed E-state index contributed by atoms with van der Waals surface area (Å²) in [6.07, 6.45) is 8.61. The number of carbonyl (C=O) groups is 1. The molecule has 0 aliphatic heterocycles. The van der Waals surface area contributed by atoms with Gasteiger partial charge in [0, 0.05) is 18.5 Å². The number of hydrogen-bond acceptors (Lipinski definition) is 2. The van der Waals surface area contributed by atoms with Crippen LogP contribution in [0.2, 0.25) is 0 Å². The second kappa shape index (κ2) is 10.8. The van der Waals surface area contributed by atoms with Crippen molar-refractivity contribution in [3.8, 4) is 0 Å². The Morgan fingerprint density at radius 2 is 1.89 bits per heavy atom. The van der Waals surface area contributed by atoms with Crippen LogP contribution < -0.4 is 11.1 Å². The average Bonchev–Trinajstić information content (AvgIpc) is 2.61. The Hall–Kier alpha value is -1.35. The van der Waals surface area contributed by atoms with Gasteiger partial charge in [0.1, 0.15) is 0 Å². The molecule has 1 saturated carbocycles. The lowest BCUT2D eigenvalue weighted by Gasteiger charge is -2.24. The Kier molecular flexibility index (Phi) is 8.82. The van der Waals surface area contributed by atoms with Crippen molar-refractivity contribution < 1.29 is 4.79 Å². The van der Waals surface area contributed by atoms with E-state index >= 15 is 0 Å². The van der Waals surface area contributed by atoms with Gasteiger partial charge in [0.2, 0.25) is 5.91 Å². The lowest BCUT2D eigenvalue weighted by atomic mass is 9.86. The number of nitrogens with one attached hydrogen (secondary N) is 1. The zero-order valence-corrected chi connectivity index (χ0v) is 17.9. The summed E-state index contributed by atoms with van der Waals surface area (Å²) >= 11 is 0. The molecule has 1 aliphatic rings. The van der Waals surface area contributed by atoms with E-state index in [-0.39, 0.29) is 17.9 Å². The van der Waals surface area contributed by atoms with Crippen molar-refractivity contribution in [3.63, 3.8) is 0 Å². The fraction of sp³-hybridized carbons (Fsp3) is 0.708. The van der Waals surface area contributed by atoms with Crippen molar-refractivity contribution in [2.24, 2.45) is 17.6 Å². The molecule has 27 heavy (non-hydrogen) atoms. The molecule has 2 rings (SSSR count). The molecule has 0 saturated heterocycles. The minimum Gasteiger partial charge on any atom is -0.356 e. The van der Waals surface area contributed by atoms with E-state index in [0.29, 0.717) is 12.5 Å². The van der Waals surface area contributed by atoms with Crippen LogP contribution in [0.25, 0.3) is 0 Å². The summed E-state index contributed by atoms with van der Waals surface area (Å²) in [6, 6.07) is 6.85. The first-order chi connectivity index (χ1) is 12.9. The third-order valence-corrected chi connectivity index (χ3v) is 6.16. The minimum atomic E-state index is 0.0783. The van der Waals surface area contributed by atoms with Gasteiger partial charge in [-0.1, -0.05) is 64.7 Å². The Labute approximate surface area is 166 Å². The van der Waals surface area contributed by atoms with Crippen molar-refractivity contribution in [1.29, 1.82) is 0 Å². The molecule has 1 amide bonds. The molecule has 1 aliphatic carbocycles. The predicted molar refractivity (Wildman–Crippen MR) is 115 cm³/mol. The lowest BCUT2D eigenvalue weighted by molar-refractivity contribution is -0.125. The summed E-state index contributed by atoms with van der Waals surface area (Å²) in [4.78, 5) is 12.7. The van der Waals surface area contributed by atoms with Gasteiger partial charge in [0.15, 0.2) is 0 Å². The average molecular weight is 373 g/mol. The number of amides is 1. The first kappa shape index (κ1) is 21.9. The number of hydrogen-bond donors (Lipinski definition) is 2. The van der Waals surface area contributed by atoms with Crippen LogP contribution in [-0.4, -0.2) is 18.5 Å². The molecule has 0 heterocycles. The van der Waals surface area contributed by atoms with Crippen LogP contribution >= 0.6 is 0 Å². The van der Waals surface area contributed by atoms with Crippen LogP contribution in [0.4, 0.5) is 0 Å². The SMILES string of the molecule is Cc1ccc(CCNC(=O)C2CCCC(C)CCCC(N)C2)cc1C(C)C. The second-order valence-electron chi connectivity index (χ2n) is 9.05. The van der Waals surface area contributed by atoms with Crippen LogP contribution in [0.1, 0.15) is 88.3 Å². The summed E-state index contributed by atoms with van der Waals surface area (Å²) in [5.74, 6) is 1.58. The van der Waals surface area contributed by atoms with Crippen LogP contribution in [0.15, 0.2) is 18.2 Å². The monoisotopic (exact) mass is 372 g/mol. The minimum absolute atomic E-state index is 0.0783. The highest BCUT2D eigenvalue weighted by Gasteiger charge is 2.22. The van der Waals surface area contributed by atoms with Crippen molar-refractivity contribution in [2.45, 2.75) is 91.0 Å². The van der Waals surface area contributed by atoms with Gasteiger partial charge in [0.25, 0.3) is 0 Å². The summed E-state index contributed by atoms with van der Waals surface area (Å²) in [7, 11) is 0. The second-order valence-corrected chi connectivity index (χ2v) is 9.05. The smallest absolute Gasteiger partial charge is 0.223 e. The maximum absolute atomic E-state index is 12.7. The van der Waals surface area contributed by atoms with E-state index in [1.54, 1.807) is 0 Å². The van der Waals surface area contributed by atoms with Crippen molar-refractivity contribution >= 4 is 5.91 Å². The molecular formula is C24H40N2O. The zero-order chi connectivity index (χ0) is 19.8. The summed E-state index contributed by atoms with van der Waals surface area (Å²) < 4.78 is 0. The highest BCUT2D eigenvalue weighted by molar-refractivity contribution is 5.78. The van der Waals surface area contributed by atoms with E-state index < -0.39 is 0 Å². The van der Waals surface area contributed by atoms with Crippen LogP contribution in [-0.2, 0) is 11.2 Å². The van der Waals surface area contributed by atoms with Gasteiger partial charge in [-0.3, -0.25) is 4.79 Å². The van der Waals surface area contributed by atoms with Crippen LogP contribution in [0.5, 0.6) is 0 Å². The predicted octanol–water partition coefficient (Wildman–Crippen LogP) is 5.10. The normalized spacial score (nSPS) is 24.6. The Morgan fingerprint density at radius 1 is 1.19 bits per heavy atom. The third kappa shape index (κ3) is 7.29. The largest absolute Gasteiger partial charge is 0.356 e. The van der Waals surface area contributed by atoms with E-state index in [4.69, 9.17) is 5.73 Å². The molecule has 0 bridgehead atoms. The first-order valence-corrected chi connectivity index (χ1v) is 11.0. The van der Waals surface area contributed by atoms with Crippen LogP contribution in [0, 0.1) is 18.8 Å². The number of aryl methyl sites for hydroxylation is 1. The van der Waals surface area contributed by atoms with Crippen molar-refractivity contribution in [1.82, 2.24) is 5.32 Å². The van der Waals surface area contributed by atoms with Gasteiger partial charge in [0.05, 0.1) is 0 Å². The number of benzene rings is 1. The molecule has 1 aromatic carbocycles. The van der Waals surface area contributed by atoms with Gasteiger partial charge in [-0.05, 0) is 61.1 Å². The maximum atomic E-state index is 12.7. The zero-order valence-electron chi connectivity index (χ0n) is 17.9. The molecule has 0 aromatic heterocycles. The van der Waals surface area contributed by atoms with Gasteiger partial charge in [-0.2, -0.15) is 0 Å². The number of nitrogens with two attached hydrogens (primary N) is 1. The molecular weight excluding hydrogens is 332 g/mol. The fourth-order valence-electron chi connectivity index (χ4n) is 4.37. The van der Waals surface area contributed by atoms with Gasteiger partial charge >= 0.3 is 0 Å². The quantitative estimate of drug-likeness (QED) is 0.755.